The Morgan fingerprint density at radius 3 is 2.07 bits per heavy atom. The van der Waals surface area contributed by atoms with Crippen molar-refractivity contribution in [3.8, 4) is 0 Å². The van der Waals surface area contributed by atoms with Crippen molar-refractivity contribution in [2.45, 2.75) is 4.90 Å². The lowest BCUT2D eigenvalue weighted by atomic mass is 10.2. The standard InChI is InChI=1S/C19H16N4O4S/c24-23(25)18-12-6-15(7-13-18)14-20-21-16-8-10-17(11-9-16)22-28(26,27)19-4-2-1-3-5-19/h1-14,21-22H/b20-14+. The van der Waals surface area contributed by atoms with E-state index >= 15 is 0 Å². The molecule has 0 heterocycles. The molecule has 3 rings (SSSR count). The molecule has 0 saturated heterocycles. The van der Waals surface area contributed by atoms with Crippen LogP contribution in [0.25, 0.3) is 0 Å². The van der Waals surface area contributed by atoms with Crippen molar-refractivity contribution in [2.24, 2.45) is 5.10 Å². The summed E-state index contributed by atoms with van der Waals surface area (Å²) in [6.45, 7) is 0. The Morgan fingerprint density at radius 1 is 0.857 bits per heavy atom. The van der Waals surface area contributed by atoms with E-state index in [2.05, 4.69) is 15.2 Å². The molecular weight excluding hydrogens is 380 g/mol. The zero-order chi connectivity index (χ0) is 20.0. The number of non-ortho nitro benzene ring substituents is 1. The van der Waals surface area contributed by atoms with Crippen molar-refractivity contribution in [1.29, 1.82) is 0 Å². The van der Waals surface area contributed by atoms with Gasteiger partial charge >= 0.3 is 0 Å². The lowest BCUT2D eigenvalue weighted by molar-refractivity contribution is -0.384. The van der Waals surface area contributed by atoms with Gasteiger partial charge in [0.1, 0.15) is 0 Å². The molecule has 0 radical (unpaired) electrons. The van der Waals surface area contributed by atoms with E-state index in [1.807, 2.05) is 0 Å². The van der Waals surface area contributed by atoms with Gasteiger partial charge in [0.05, 0.1) is 21.7 Å². The molecule has 8 nitrogen and oxygen atoms in total. The number of hydrogen-bond acceptors (Lipinski definition) is 6. The smallest absolute Gasteiger partial charge is 0.269 e. The molecule has 0 aliphatic carbocycles. The molecule has 3 aromatic rings. The van der Waals surface area contributed by atoms with E-state index in [4.69, 9.17) is 0 Å². The quantitative estimate of drug-likeness (QED) is 0.358. The summed E-state index contributed by atoms with van der Waals surface area (Å²) < 4.78 is 27.1. The van der Waals surface area contributed by atoms with Crippen LogP contribution in [0.2, 0.25) is 0 Å². The van der Waals surface area contributed by atoms with E-state index < -0.39 is 14.9 Å². The first-order valence-corrected chi connectivity index (χ1v) is 9.64. The molecule has 0 bridgehead atoms. The first kappa shape index (κ1) is 19.1. The number of hydrazone groups is 1. The number of nitrogens with zero attached hydrogens (tertiary/aromatic N) is 2. The molecule has 0 fully saturated rings. The molecule has 0 aromatic heterocycles. The van der Waals surface area contributed by atoms with Crippen LogP contribution in [-0.4, -0.2) is 19.6 Å². The minimum Gasteiger partial charge on any atom is -0.280 e. The minimum atomic E-state index is -3.64. The van der Waals surface area contributed by atoms with E-state index in [1.54, 1.807) is 54.6 Å². The fourth-order valence-corrected chi connectivity index (χ4v) is 3.37. The summed E-state index contributed by atoms with van der Waals surface area (Å²) in [7, 11) is -3.64. The average molecular weight is 396 g/mol. The Hall–Kier alpha value is -3.72. The van der Waals surface area contributed by atoms with Crippen LogP contribution >= 0.6 is 0 Å². The van der Waals surface area contributed by atoms with Crippen LogP contribution in [0.3, 0.4) is 0 Å². The van der Waals surface area contributed by atoms with Crippen LogP contribution in [0.1, 0.15) is 5.56 Å². The normalized spacial score (nSPS) is 11.3. The third kappa shape index (κ3) is 4.92. The summed E-state index contributed by atoms with van der Waals surface area (Å²) in [6.07, 6.45) is 1.52. The van der Waals surface area contributed by atoms with Crippen molar-refractivity contribution < 1.29 is 13.3 Å². The van der Waals surface area contributed by atoms with Crippen molar-refractivity contribution in [3.63, 3.8) is 0 Å². The maximum atomic E-state index is 12.3. The van der Waals surface area contributed by atoms with Gasteiger partial charge in [-0.15, -0.1) is 0 Å². The maximum Gasteiger partial charge on any atom is 0.269 e. The van der Waals surface area contributed by atoms with Gasteiger partial charge in [-0.2, -0.15) is 5.10 Å². The van der Waals surface area contributed by atoms with Gasteiger partial charge in [0.25, 0.3) is 15.7 Å². The summed E-state index contributed by atoms with van der Waals surface area (Å²) in [5, 5.41) is 14.7. The number of nitro groups is 1. The maximum absolute atomic E-state index is 12.3. The van der Waals surface area contributed by atoms with E-state index in [-0.39, 0.29) is 10.6 Å². The second kappa shape index (κ2) is 8.31. The number of anilines is 2. The second-order valence-corrected chi connectivity index (χ2v) is 7.40. The number of nitrogens with one attached hydrogen (secondary N) is 2. The Morgan fingerprint density at radius 2 is 1.46 bits per heavy atom. The Kier molecular flexibility index (Phi) is 5.66. The lowest BCUT2D eigenvalue weighted by Gasteiger charge is -2.08. The fraction of sp³-hybridized carbons (Fsp3) is 0. The summed E-state index contributed by atoms with van der Waals surface area (Å²) in [5.41, 5.74) is 4.60. The average Bonchev–Trinajstić information content (AvgIpc) is 2.70. The van der Waals surface area contributed by atoms with Gasteiger partial charge in [0.2, 0.25) is 0 Å². The monoisotopic (exact) mass is 396 g/mol. The predicted molar refractivity (Wildman–Crippen MR) is 108 cm³/mol. The van der Waals surface area contributed by atoms with Crippen molar-refractivity contribution in [1.82, 2.24) is 0 Å². The predicted octanol–water partition coefficient (Wildman–Crippen LogP) is 3.84. The Balaban J connectivity index is 1.61. The molecule has 0 spiro atoms. The third-order valence-corrected chi connectivity index (χ3v) is 5.10. The highest BCUT2D eigenvalue weighted by molar-refractivity contribution is 7.92. The van der Waals surface area contributed by atoms with E-state index in [1.165, 1.54) is 30.5 Å². The zero-order valence-corrected chi connectivity index (χ0v) is 15.3. The Labute approximate surface area is 161 Å². The number of benzene rings is 3. The van der Waals surface area contributed by atoms with Crippen LogP contribution in [0.4, 0.5) is 17.1 Å². The second-order valence-electron chi connectivity index (χ2n) is 5.71. The fourth-order valence-electron chi connectivity index (χ4n) is 2.29. The van der Waals surface area contributed by atoms with Gasteiger partial charge in [-0.25, -0.2) is 8.42 Å². The summed E-state index contributed by atoms with van der Waals surface area (Å²) in [4.78, 5) is 10.3. The first-order valence-electron chi connectivity index (χ1n) is 8.15. The molecule has 0 saturated carbocycles. The van der Waals surface area contributed by atoms with Gasteiger partial charge in [-0.05, 0) is 54.1 Å². The summed E-state index contributed by atoms with van der Waals surface area (Å²) in [6, 6.07) is 20.7. The van der Waals surface area contributed by atoms with Gasteiger partial charge in [-0.1, -0.05) is 18.2 Å². The van der Waals surface area contributed by atoms with E-state index in [0.29, 0.717) is 16.9 Å². The van der Waals surface area contributed by atoms with Gasteiger partial charge in [0.15, 0.2) is 0 Å². The van der Waals surface area contributed by atoms with E-state index in [0.717, 1.165) is 0 Å². The van der Waals surface area contributed by atoms with Crippen molar-refractivity contribution in [3.05, 3.63) is 94.5 Å². The molecule has 0 aliphatic rings. The number of sulfonamides is 1. The molecule has 3 aromatic carbocycles. The molecule has 2 N–H and O–H groups in total. The van der Waals surface area contributed by atoms with Crippen LogP contribution in [0.5, 0.6) is 0 Å². The number of rotatable bonds is 7. The molecule has 28 heavy (non-hydrogen) atoms. The molecule has 142 valence electrons. The summed E-state index contributed by atoms with van der Waals surface area (Å²) >= 11 is 0. The zero-order valence-electron chi connectivity index (χ0n) is 14.5. The highest BCUT2D eigenvalue weighted by atomic mass is 32.2. The molecule has 0 unspecified atom stereocenters. The van der Waals surface area contributed by atoms with Crippen LogP contribution < -0.4 is 10.1 Å². The van der Waals surface area contributed by atoms with Crippen LogP contribution in [-0.2, 0) is 10.0 Å². The number of nitro benzene ring substituents is 1. The SMILES string of the molecule is O=[N+]([O-])c1ccc(/C=N/Nc2ccc(NS(=O)(=O)c3ccccc3)cc2)cc1. The van der Waals surface area contributed by atoms with Crippen molar-refractivity contribution in [2.75, 3.05) is 10.1 Å². The minimum absolute atomic E-state index is 0.0126. The topological polar surface area (TPSA) is 114 Å². The molecule has 0 atom stereocenters. The van der Waals surface area contributed by atoms with E-state index in [9.17, 15) is 18.5 Å². The molecular formula is C19H16N4O4S. The first-order chi connectivity index (χ1) is 13.4. The third-order valence-electron chi connectivity index (χ3n) is 3.70. The molecule has 0 aliphatic heterocycles. The summed E-state index contributed by atoms with van der Waals surface area (Å²) in [5.74, 6) is 0. The highest BCUT2D eigenvalue weighted by Crippen LogP contribution is 2.18. The Bertz CT molecular complexity index is 1080. The largest absolute Gasteiger partial charge is 0.280 e. The lowest BCUT2D eigenvalue weighted by Crippen LogP contribution is -2.12. The molecule has 0 amide bonds. The van der Waals surface area contributed by atoms with Crippen molar-refractivity contribution >= 4 is 33.3 Å². The van der Waals surface area contributed by atoms with Gasteiger partial charge in [0, 0.05) is 17.8 Å². The van der Waals surface area contributed by atoms with Crippen LogP contribution in [0, 0.1) is 10.1 Å². The van der Waals surface area contributed by atoms with Gasteiger partial charge < -0.3 is 0 Å². The highest BCUT2D eigenvalue weighted by Gasteiger charge is 2.13. The van der Waals surface area contributed by atoms with Crippen LogP contribution in [0.15, 0.2) is 88.9 Å². The number of hydrogen-bond donors (Lipinski definition) is 2. The molecule has 9 heteroatoms. The van der Waals surface area contributed by atoms with Gasteiger partial charge in [-0.3, -0.25) is 20.3 Å².